The Kier molecular flexibility index (Phi) is 4.82. The van der Waals surface area contributed by atoms with Crippen LogP contribution in [-0.2, 0) is 4.79 Å². The largest absolute Gasteiger partial charge is 0.508 e. The van der Waals surface area contributed by atoms with Gasteiger partial charge < -0.3 is 14.9 Å². The molecule has 0 radical (unpaired) electrons. The lowest BCUT2D eigenvalue weighted by Crippen LogP contribution is -2.26. The van der Waals surface area contributed by atoms with E-state index in [4.69, 9.17) is 9.84 Å². The van der Waals surface area contributed by atoms with Crippen LogP contribution in [0, 0.1) is 6.92 Å². The van der Waals surface area contributed by atoms with Gasteiger partial charge >= 0.3 is 5.97 Å². The molecule has 1 rings (SSSR count). The van der Waals surface area contributed by atoms with Crippen molar-refractivity contribution in [2.24, 2.45) is 0 Å². The van der Waals surface area contributed by atoms with Crippen LogP contribution in [0.3, 0.4) is 0 Å². The molecule has 0 aromatic heterocycles. The predicted octanol–water partition coefficient (Wildman–Crippen LogP) is 2.72. The summed E-state index contributed by atoms with van der Waals surface area (Å²) in [5.41, 5.74) is 0.734. The van der Waals surface area contributed by atoms with Crippen molar-refractivity contribution >= 4 is 5.97 Å². The monoisotopic (exact) mass is 238 g/mol. The summed E-state index contributed by atoms with van der Waals surface area (Å²) in [6.45, 7) is 3.77. The van der Waals surface area contributed by atoms with Crippen LogP contribution in [0.2, 0.25) is 0 Å². The lowest BCUT2D eigenvalue weighted by molar-refractivity contribution is -0.145. The van der Waals surface area contributed by atoms with Gasteiger partial charge in [-0.3, -0.25) is 0 Å². The number of carbonyl (C=O) groups is 1. The van der Waals surface area contributed by atoms with E-state index in [0.29, 0.717) is 12.2 Å². The third kappa shape index (κ3) is 3.98. The fourth-order valence-electron chi connectivity index (χ4n) is 1.45. The van der Waals surface area contributed by atoms with Gasteiger partial charge in [-0.15, -0.1) is 0 Å². The first-order chi connectivity index (χ1) is 8.04. The van der Waals surface area contributed by atoms with E-state index in [0.717, 1.165) is 18.4 Å². The van der Waals surface area contributed by atoms with Gasteiger partial charge in [0.25, 0.3) is 0 Å². The summed E-state index contributed by atoms with van der Waals surface area (Å²) in [4.78, 5) is 11.0. The van der Waals surface area contributed by atoms with Crippen molar-refractivity contribution in [2.45, 2.75) is 39.2 Å². The molecule has 94 valence electrons. The van der Waals surface area contributed by atoms with Gasteiger partial charge in [0, 0.05) is 6.07 Å². The van der Waals surface area contributed by atoms with Crippen molar-refractivity contribution in [3.05, 3.63) is 23.8 Å². The van der Waals surface area contributed by atoms with E-state index in [1.165, 1.54) is 6.07 Å². The second kappa shape index (κ2) is 6.13. The van der Waals surface area contributed by atoms with Crippen LogP contribution in [-0.4, -0.2) is 22.3 Å². The number of phenols is 1. The van der Waals surface area contributed by atoms with Crippen molar-refractivity contribution in [1.29, 1.82) is 0 Å². The van der Waals surface area contributed by atoms with Crippen molar-refractivity contribution in [2.75, 3.05) is 0 Å². The van der Waals surface area contributed by atoms with Gasteiger partial charge in [0.1, 0.15) is 11.5 Å². The van der Waals surface area contributed by atoms with E-state index < -0.39 is 12.1 Å². The molecular formula is C13H18O4. The van der Waals surface area contributed by atoms with Crippen LogP contribution < -0.4 is 4.74 Å². The Morgan fingerprint density at radius 3 is 2.71 bits per heavy atom. The minimum absolute atomic E-state index is 0.113. The zero-order valence-electron chi connectivity index (χ0n) is 10.1. The van der Waals surface area contributed by atoms with E-state index in [1.807, 2.05) is 6.92 Å². The summed E-state index contributed by atoms with van der Waals surface area (Å²) in [6.07, 6.45) is 1.35. The Morgan fingerprint density at radius 2 is 2.18 bits per heavy atom. The molecule has 0 aliphatic rings. The number of rotatable bonds is 6. The summed E-state index contributed by atoms with van der Waals surface area (Å²) < 4.78 is 5.35. The zero-order chi connectivity index (χ0) is 12.8. The molecular weight excluding hydrogens is 220 g/mol. The number of aromatic hydroxyl groups is 1. The molecule has 17 heavy (non-hydrogen) atoms. The van der Waals surface area contributed by atoms with E-state index in [9.17, 15) is 9.90 Å². The molecule has 0 saturated carbocycles. The third-order valence-electron chi connectivity index (χ3n) is 2.55. The first kappa shape index (κ1) is 13.4. The van der Waals surface area contributed by atoms with Gasteiger partial charge in [0.2, 0.25) is 0 Å². The molecule has 0 saturated heterocycles. The smallest absolute Gasteiger partial charge is 0.344 e. The standard InChI is InChI=1S/C13H18O4/c1-3-4-5-12(13(15)16)17-10-7-6-9(2)11(14)8-10/h6-8,12,14H,3-5H2,1-2H3,(H,15,16). The van der Waals surface area contributed by atoms with Gasteiger partial charge in [-0.2, -0.15) is 0 Å². The van der Waals surface area contributed by atoms with E-state index >= 15 is 0 Å². The molecule has 0 fully saturated rings. The van der Waals surface area contributed by atoms with Crippen LogP contribution in [0.1, 0.15) is 31.7 Å². The number of hydrogen-bond donors (Lipinski definition) is 2. The van der Waals surface area contributed by atoms with E-state index in [-0.39, 0.29) is 5.75 Å². The summed E-state index contributed by atoms with van der Waals surface area (Å²) in [5.74, 6) is -0.475. The maximum Gasteiger partial charge on any atom is 0.344 e. The lowest BCUT2D eigenvalue weighted by atomic mass is 10.1. The second-order valence-corrected chi connectivity index (χ2v) is 4.04. The number of unbranched alkanes of at least 4 members (excludes halogenated alkanes) is 1. The molecule has 0 bridgehead atoms. The molecule has 0 aliphatic carbocycles. The summed E-state index contributed by atoms with van der Waals surface area (Å²) in [6, 6.07) is 4.80. The fourth-order valence-corrected chi connectivity index (χ4v) is 1.45. The number of carboxylic acids is 1. The van der Waals surface area contributed by atoms with Crippen LogP contribution >= 0.6 is 0 Å². The maximum atomic E-state index is 11.0. The average molecular weight is 238 g/mol. The molecule has 0 spiro atoms. The maximum absolute atomic E-state index is 11.0. The summed E-state index contributed by atoms with van der Waals surface area (Å²) >= 11 is 0. The average Bonchev–Trinajstić information content (AvgIpc) is 2.28. The van der Waals surface area contributed by atoms with Gasteiger partial charge in [-0.05, 0) is 31.4 Å². The highest BCUT2D eigenvalue weighted by atomic mass is 16.5. The highest BCUT2D eigenvalue weighted by molar-refractivity contribution is 5.72. The molecule has 0 amide bonds. The number of carboxylic acid groups (broad SMARTS) is 1. The zero-order valence-corrected chi connectivity index (χ0v) is 10.1. The molecule has 0 heterocycles. The molecule has 1 aromatic rings. The summed E-state index contributed by atoms with van der Waals surface area (Å²) in [7, 11) is 0. The van der Waals surface area contributed by atoms with Gasteiger partial charge in [-0.1, -0.05) is 19.4 Å². The number of benzene rings is 1. The molecule has 4 heteroatoms. The number of aliphatic carboxylic acids is 1. The minimum Gasteiger partial charge on any atom is -0.508 e. The first-order valence-corrected chi connectivity index (χ1v) is 5.73. The van der Waals surface area contributed by atoms with Crippen molar-refractivity contribution in [3.8, 4) is 11.5 Å². The number of aryl methyl sites for hydroxylation is 1. The normalized spacial score (nSPS) is 12.1. The molecule has 1 unspecified atom stereocenters. The third-order valence-corrected chi connectivity index (χ3v) is 2.55. The Bertz CT molecular complexity index is 387. The summed E-state index contributed by atoms with van der Waals surface area (Å²) in [5, 5.41) is 18.5. The Hall–Kier alpha value is -1.71. The van der Waals surface area contributed by atoms with Gasteiger partial charge in [0.15, 0.2) is 6.10 Å². The van der Waals surface area contributed by atoms with Crippen LogP contribution in [0.4, 0.5) is 0 Å². The van der Waals surface area contributed by atoms with Crippen LogP contribution in [0.25, 0.3) is 0 Å². The predicted molar refractivity (Wildman–Crippen MR) is 64.4 cm³/mol. The molecule has 4 nitrogen and oxygen atoms in total. The fraction of sp³-hybridized carbons (Fsp3) is 0.462. The Labute approximate surface area is 101 Å². The Morgan fingerprint density at radius 1 is 1.47 bits per heavy atom. The highest BCUT2D eigenvalue weighted by Crippen LogP contribution is 2.24. The molecule has 0 aliphatic heterocycles. The number of ether oxygens (including phenoxy) is 1. The highest BCUT2D eigenvalue weighted by Gasteiger charge is 2.18. The Balaban J connectivity index is 2.71. The van der Waals surface area contributed by atoms with Crippen molar-refractivity contribution in [1.82, 2.24) is 0 Å². The molecule has 1 aromatic carbocycles. The quantitative estimate of drug-likeness (QED) is 0.799. The topological polar surface area (TPSA) is 66.8 Å². The van der Waals surface area contributed by atoms with Crippen LogP contribution in [0.15, 0.2) is 18.2 Å². The first-order valence-electron chi connectivity index (χ1n) is 5.73. The van der Waals surface area contributed by atoms with E-state index in [2.05, 4.69) is 0 Å². The SMILES string of the molecule is CCCCC(Oc1ccc(C)c(O)c1)C(=O)O. The van der Waals surface area contributed by atoms with Crippen LogP contribution in [0.5, 0.6) is 11.5 Å². The van der Waals surface area contributed by atoms with Crippen molar-refractivity contribution in [3.63, 3.8) is 0 Å². The van der Waals surface area contributed by atoms with Gasteiger partial charge in [0.05, 0.1) is 0 Å². The molecule has 1 atom stereocenters. The number of hydrogen-bond acceptors (Lipinski definition) is 3. The molecule has 2 N–H and O–H groups in total. The minimum atomic E-state index is -0.974. The van der Waals surface area contributed by atoms with E-state index in [1.54, 1.807) is 19.1 Å². The van der Waals surface area contributed by atoms with Gasteiger partial charge in [-0.25, -0.2) is 4.79 Å². The lowest BCUT2D eigenvalue weighted by Gasteiger charge is -2.15. The second-order valence-electron chi connectivity index (χ2n) is 4.04. The van der Waals surface area contributed by atoms with Crippen molar-refractivity contribution < 1.29 is 19.7 Å². The number of phenolic OH excluding ortho intramolecular Hbond substituents is 1.